The number of carboxylic acid groups (broad SMARTS) is 1. The highest BCUT2D eigenvalue weighted by atomic mass is 19.1. The van der Waals surface area contributed by atoms with Crippen molar-refractivity contribution < 1.29 is 19.0 Å². The van der Waals surface area contributed by atoms with Crippen LogP contribution >= 0.6 is 0 Å². The average molecular weight is 496 g/mol. The summed E-state index contributed by atoms with van der Waals surface area (Å²) in [5.74, 6) is -0.169. The van der Waals surface area contributed by atoms with Crippen molar-refractivity contribution in [2.75, 3.05) is 38.1 Å². The number of pyridine rings is 1. The highest BCUT2D eigenvalue weighted by Crippen LogP contribution is 2.41. The minimum atomic E-state index is -0.920. The minimum Gasteiger partial charge on any atom is -0.481 e. The van der Waals surface area contributed by atoms with Gasteiger partial charge >= 0.3 is 5.97 Å². The molecule has 0 radical (unpaired) electrons. The molecule has 2 fully saturated rings. The molecular formula is C29H38FN3O3. The molecule has 1 saturated heterocycles. The van der Waals surface area contributed by atoms with Gasteiger partial charge in [0, 0.05) is 24.7 Å². The third kappa shape index (κ3) is 6.62. The second-order valence-electron chi connectivity index (χ2n) is 10.7. The molecule has 3 aliphatic rings. The molecular weight excluding hydrogens is 457 g/mol. The molecule has 5 rings (SSSR count). The fraction of sp³-hybridized carbons (Fsp3) is 0.586. The molecule has 2 aromatic rings. The first kappa shape index (κ1) is 25.2. The highest BCUT2D eigenvalue weighted by molar-refractivity contribution is 5.68. The fourth-order valence-corrected chi connectivity index (χ4v) is 5.61. The van der Waals surface area contributed by atoms with Crippen molar-refractivity contribution in [1.82, 2.24) is 9.88 Å². The van der Waals surface area contributed by atoms with Crippen molar-refractivity contribution in [3.05, 3.63) is 58.5 Å². The molecule has 3 heterocycles. The van der Waals surface area contributed by atoms with Crippen LogP contribution in [0.15, 0.2) is 30.3 Å². The van der Waals surface area contributed by atoms with E-state index in [1.54, 1.807) is 0 Å². The summed E-state index contributed by atoms with van der Waals surface area (Å²) in [6.07, 6.45) is 8.47. The van der Waals surface area contributed by atoms with Crippen molar-refractivity contribution >= 4 is 11.8 Å². The molecule has 2 atom stereocenters. The van der Waals surface area contributed by atoms with Gasteiger partial charge in [0.15, 0.2) is 0 Å². The Morgan fingerprint density at radius 2 is 2.11 bits per heavy atom. The zero-order valence-corrected chi connectivity index (χ0v) is 21.1. The van der Waals surface area contributed by atoms with E-state index in [2.05, 4.69) is 22.3 Å². The van der Waals surface area contributed by atoms with Gasteiger partial charge in [0.05, 0.1) is 19.1 Å². The van der Waals surface area contributed by atoms with E-state index in [9.17, 15) is 14.3 Å². The molecule has 6 nitrogen and oxygen atoms in total. The van der Waals surface area contributed by atoms with Crippen LogP contribution in [-0.4, -0.2) is 59.8 Å². The Bertz CT molecular complexity index is 1060. The third-order valence-electron chi connectivity index (χ3n) is 7.78. The van der Waals surface area contributed by atoms with Crippen LogP contribution in [0.1, 0.15) is 79.2 Å². The van der Waals surface area contributed by atoms with Crippen molar-refractivity contribution in [2.45, 2.75) is 75.7 Å². The van der Waals surface area contributed by atoms with Crippen molar-refractivity contribution in [3.8, 4) is 0 Å². The lowest BCUT2D eigenvalue weighted by atomic mass is 9.93. The number of rotatable bonds is 11. The Balaban J connectivity index is 1.12. The van der Waals surface area contributed by atoms with E-state index < -0.39 is 11.9 Å². The van der Waals surface area contributed by atoms with Crippen LogP contribution in [0.4, 0.5) is 10.2 Å². The van der Waals surface area contributed by atoms with Crippen LogP contribution in [0.2, 0.25) is 0 Å². The number of halogens is 1. The number of carbonyl (C=O) groups is 1. The molecule has 1 saturated carbocycles. The van der Waals surface area contributed by atoms with E-state index in [4.69, 9.17) is 9.72 Å². The molecule has 36 heavy (non-hydrogen) atoms. The number of nitrogens with zero attached hydrogens (tertiary/aromatic N) is 2. The molecule has 2 aliphatic heterocycles. The molecule has 0 bridgehead atoms. The molecule has 2 N–H and O–H groups in total. The maximum absolute atomic E-state index is 14.7. The van der Waals surface area contributed by atoms with Crippen LogP contribution in [0, 0.1) is 5.82 Å². The Morgan fingerprint density at radius 1 is 1.22 bits per heavy atom. The molecule has 1 aromatic carbocycles. The number of likely N-dealkylation sites (tertiary alicyclic amines) is 1. The van der Waals surface area contributed by atoms with Gasteiger partial charge in [0.2, 0.25) is 0 Å². The van der Waals surface area contributed by atoms with E-state index in [-0.39, 0.29) is 24.9 Å². The highest BCUT2D eigenvalue weighted by Gasteiger charge is 2.28. The first-order valence-electron chi connectivity index (χ1n) is 13.6. The summed E-state index contributed by atoms with van der Waals surface area (Å²) < 4.78 is 20.9. The number of carboxylic acids is 1. The number of fused-ring (bicyclic) bond motifs is 1. The standard InChI is InChI=1S/C29H38FN3O3/c30-27-12-10-22(20-7-8-20)16-26(27)23(17-28(34)35)19-36-25-6-3-15-33(18-25)14-2-5-24-11-9-21-4-1-13-31-29(21)32-24/h9-12,16,20,23,25H,1-8,13-15,17-19H2,(H,31,32)(H,34,35)/t23-,25-/m1/s1. The van der Waals surface area contributed by atoms with Crippen molar-refractivity contribution in [1.29, 1.82) is 0 Å². The smallest absolute Gasteiger partial charge is 0.304 e. The molecule has 0 spiro atoms. The number of aromatic nitrogens is 1. The van der Waals surface area contributed by atoms with Gasteiger partial charge in [0.25, 0.3) is 0 Å². The molecule has 0 unspecified atom stereocenters. The lowest BCUT2D eigenvalue weighted by molar-refractivity contribution is -0.138. The van der Waals surface area contributed by atoms with Gasteiger partial charge in [0.1, 0.15) is 11.6 Å². The largest absolute Gasteiger partial charge is 0.481 e. The van der Waals surface area contributed by atoms with Crippen molar-refractivity contribution in [3.63, 3.8) is 0 Å². The van der Waals surface area contributed by atoms with Gasteiger partial charge in [-0.25, -0.2) is 9.37 Å². The maximum Gasteiger partial charge on any atom is 0.304 e. The van der Waals surface area contributed by atoms with E-state index in [0.717, 1.165) is 88.2 Å². The van der Waals surface area contributed by atoms with Gasteiger partial charge < -0.3 is 20.1 Å². The van der Waals surface area contributed by atoms with Crippen LogP contribution in [-0.2, 0) is 22.4 Å². The average Bonchev–Trinajstić information content (AvgIpc) is 3.73. The summed E-state index contributed by atoms with van der Waals surface area (Å²) in [4.78, 5) is 18.8. The van der Waals surface area contributed by atoms with E-state index >= 15 is 0 Å². The second-order valence-corrected chi connectivity index (χ2v) is 10.7. The number of hydrogen-bond acceptors (Lipinski definition) is 5. The zero-order chi connectivity index (χ0) is 24.9. The van der Waals surface area contributed by atoms with E-state index in [1.807, 2.05) is 12.1 Å². The molecule has 1 aliphatic carbocycles. The normalized spacial score (nSPS) is 21.0. The second kappa shape index (κ2) is 11.7. The molecule has 7 heteroatoms. The fourth-order valence-electron chi connectivity index (χ4n) is 5.61. The van der Waals surface area contributed by atoms with Gasteiger partial charge in [-0.3, -0.25) is 4.79 Å². The first-order valence-corrected chi connectivity index (χ1v) is 13.6. The Hall–Kier alpha value is -2.51. The number of hydrogen-bond donors (Lipinski definition) is 2. The molecule has 1 aromatic heterocycles. The maximum atomic E-state index is 14.7. The first-order chi connectivity index (χ1) is 17.5. The van der Waals surface area contributed by atoms with Crippen LogP contribution in [0.25, 0.3) is 0 Å². The summed E-state index contributed by atoms with van der Waals surface area (Å²) >= 11 is 0. The van der Waals surface area contributed by atoms with Gasteiger partial charge in [-0.2, -0.15) is 0 Å². The molecule has 194 valence electrons. The lowest BCUT2D eigenvalue weighted by Gasteiger charge is -2.33. The number of aliphatic carboxylic acids is 1. The number of anilines is 1. The number of benzene rings is 1. The minimum absolute atomic E-state index is 0.0517. The number of piperidine rings is 1. The Kier molecular flexibility index (Phi) is 8.17. The van der Waals surface area contributed by atoms with Crippen LogP contribution < -0.4 is 5.32 Å². The lowest BCUT2D eigenvalue weighted by Crippen LogP contribution is -2.40. The number of aryl methyl sites for hydroxylation is 2. The van der Waals surface area contributed by atoms with Gasteiger partial charge in [-0.15, -0.1) is 0 Å². The predicted octanol–water partition coefficient (Wildman–Crippen LogP) is 5.13. The zero-order valence-electron chi connectivity index (χ0n) is 21.1. The monoisotopic (exact) mass is 495 g/mol. The van der Waals surface area contributed by atoms with Gasteiger partial charge in [-0.1, -0.05) is 18.2 Å². The molecule has 0 amide bonds. The summed E-state index contributed by atoms with van der Waals surface area (Å²) in [5, 5.41) is 12.9. The van der Waals surface area contributed by atoms with E-state index in [1.165, 1.54) is 18.1 Å². The number of ether oxygens (including phenoxy) is 1. The number of nitrogens with one attached hydrogen (secondary N) is 1. The SMILES string of the molecule is O=C(O)C[C@H](CO[C@@H]1CCCN(CCCc2ccc3c(n2)NCCC3)C1)c1cc(C2CC2)ccc1F. The summed E-state index contributed by atoms with van der Waals surface area (Å²) in [6, 6.07) is 9.58. The Morgan fingerprint density at radius 3 is 2.94 bits per heavy atom. The quantitative estimate of drug-likeness (QED) is 0.450. The van der Waals surface area contributed by atoms with Crippen LogP contribution in [0.3, 0.4) is 0 Å². The topological polar surface area (TPSA) is 74.7 Å². The van der Waals surface area contributed by atoms with Crippen molar-refractivity contribution in [2.24, 2.45) is 0 Å². The Labute approximate surface area is 213 Å². The summed E-state index contributed by atoms with van der Waals surface area (Å²) in [6.45, 7) is 4.12. The predicted molar refractivity (Wildman–Crippen MR) is 138 cm³/mol. The summed E-state index contributed by atoms with van der Waals surface area (Å²) in [7, 11) is 0. The van der Waals surface area contributed by atoms with Crippen LogP contribution in [0.5, 0.6) is 0 Å². The summed E-state index contributed by atoms with van der Waals surface area (Å²) in [5.41, 5.74) is 4.07. The van der Waals surface area contributed by atoms with Gasteiger partial charge in [-0.05, 0) is 99.2 Å². The third-order valence-corrected chi connectivity index (χ3v) is 7.78. The van der Waals surface area contributed by atoms with E-state index in [0.29, 0.717) is 11.5 Å².